The minimum absolute atomic E-state index is 0.156. The number of benzene rings is 2. The van der Waals surface area contributed by atoms with E-state index in [9.17, 15) is 4.79 Å². The lowest BCUT2D eigenvalue weighted by Gasteiger charge is -2.44. The molecule has 3 rings (SSSR count). The van der Waals surface area contributed by atoms with Crippen molar-refractivity contribution in [2.24, 2.45) is 5.41 Å². The van der Waals surface area contributed by atoms with E-state index in [0.29, 0.717) is 26.1 Å². The summed E-state index contributed by atoms with van der Waals surface area (Å²) in [5, 5.41) is 2.29. The van der Waals surface area contributed by atoms with Crippen LogP contribution in [0.15, 0.2) is 60.7 Å². The van der Waals surface area contributed by atoms with Gasteiger partial charge in [-0.15, -0.1) is 0 Å². The molecule has 1 amide bonds. The summed E-state index contributed by atoms with van der Waals surface area (Å²) in [6, 6.07) is 21.3. The molecule has 2 aromatic carbocycles. The summed E-state index contributed by atoms with van der Waals surface area (Å²) in [6.45, 7) is 21.7. The van der Waals surface area contributed by atoms with Crippen molar-refractivity contribution >= 4 is 24.8 Å². The lowest BCUT2D eigenvalue weighted by molar-refractivity contribution is -0.0520. The molecule has 40 heavy (non-hydrogen) atoms. The van der Waals surface area contributed by atoms with Gasteiger partial charge in [-0.05, 0) is 76.7 Å². The van der Waals surface area contributed by atoms with Gasteiger partial charge >= 0.3 is 6.09 Å². The molecule has 218 valence electrons. The van der Waals surface area contributed by atoms with Crippen LogP contribution in [0.3, 0.4) is 0 Å². The Morgan fingerprint density at radius 3 is 1.90 bits per heavy atom. The largest absolute Gasteiger partial charge is 0.449 e. The Labute approximate surface area is 243 Å². The van der Waals surface area contributed by atoms with E-state index in [-0.39, 0.29) is 22.7 Å². The van der Waals surface area contributed by atoms with Crippen molar-refractivity contribution in [3.8, 4) is 11.8 Å². The highest BCUT2D eigenvalue weighted by Gasteiger charge is 2.52. The Bertz CT molecular complexity index is 1130. The van der Waals surface area contributed by atoms with Crippen molar-refractivity contribution < 1.29 is 18.7 Å². The molecule has 1 aliphatic heterocycles. The van der Waals surface area contributed by atoms with Crippen LogP contribution < -0.4 is 10.4 Å². The van der Waals surface area contributed by atoms with E-state index < -0.39 is 19.6 Å². The van der Waals surface area contributed by atoms with Gasteiger partial charge in [-0.2, -0.15) is 0 Å². The van der Waals surface area contributed by atoms with Gasteiger partial charge in [-0.3, -0.25) is 4.90 Å². The summed E-state index contributed by atoms with van der Waals surface area (Å²) in [6.07, 6.45) is 0.637. The molecule has 5 nitrogen and oxygen atoms in total. The van der Waals surface area contributed by atoms with Crippen molar-refractivity contribution in [1.29, 1.82) is 0 Å². The second-order valence-corrected chi connectivity index (χ2v) is 18.2. The highest BCUT2D eigenvalue weighted by molar-refractivity contribution is 6.99. The molecule has 1 atom stereocenters. The van der Waals surface area contributed by atoms with E-state index in [1.807, 2.05) is 27.7 Å². The van der Waals surface area contributed by atoms with Crippen molar-refractivity contribution in [3.05, 3.63) is 60.7 Å². The number of carbonyl (C=O) groups excluding carboxylic acids is 1. The third kappa shape index (κ3) is 7.37. The number of hydrogen-bond acceptors (Lipinski definition) is 4. The number of nitrogens with zero attached hydrogens (tertiary/aromatic N) is 1. The SMILES string of the molecule is CC(C)(C)C#CC(CCCOC(=O)N1C(C)(C)COC1(C)C)O[Si](c1ccccc1)(c1ccccc1)C(C)(C)C. The minimum Gasteiger partial charge on any atom is -0.449 e. The van der Waals surface area contributed by atoms with Crippen LogP contribution in [-0.2, 0) is 13.9 Å². The molecule has 0 saturated carbocycles. The molecular formula is C34H49NO4Si. The third-order valence-corrected chi connectivity index (χ3v) is 12.3. The molecule has 1 unspecified atom stereocenters. The smallest absolute Gasteiger partial charge is 0.412 e. The number of carbonyl (C=O) groups is 1. The second kappa shape index (κ2) is 12.1. The molecule has 0 aliphatic carbocycles. The molecule has 0 bridgehead atoms. The van der Waals surface area contributed by atoms with Crippen LogP contribution in [0.2, 0.25) is 5.04 Å². The zero-order chi connectivity index (χ0) is 29.8. The fraction of sp³-hybridized carbons (Fsp3) is 0.559. The highest BCUT2D eigenvalue weighted by Crippen LogP contribution is 2.38. The van der Waals surface area contributed by atoms with Crippen molar-refractivity contribution in [2.45, 2.75) is 104 Å². The summed E-state index contributed by atoms with van der Waals surface area (Å²) in [4.78, 5) is 14.8. The van der Waals surface area contributed by atoms with Crippen molar-refractivity contribution in [1.82, 2.24) is 4.90 Å². The van der Waals surface area contributed by atoms with Gasteiger partial charge in [0.05, 0.1) is 18.8 Å². The van der Waals surface area contributed by atoms with E-state index in [2.05, 4.69) is 114 Å². The first-order valence-corrected chi connectivity index (χ1v) is 16.3. The Balaban J connectivity index is 1.89. The summed E-state index contributed by atoms with van der Waals surface area (Å²) in [7, 11) is -2.79. The Kier molecular flexibility index (Phi) is 9.66. The topological polar surface area (TPSA) is 48.0 Å². The third-order valence-electron chi connectivity index (χ3n) is 7.29. The maximum atomic E-state index is 13.1. The molecule has 1 aliphatic rings. The first-order valence-electron chi connectivity index (χ1n) is 14.4. The molecule has 1 saturated heterocycles. The fourth-order valence-corrected chi connectivity index (χ4v) is 10.2. The van der Waals surface area contributed by atoms with Gasteiger partial charge in [0, 0.05) is 5.41 Å². The van der Waals surface area contributed by atoms with Crippen molar-refractivity contribution in [3.63, 3.8) is 0 Å². The van der Waals surface area contributed by atoms with Crippen LogP contribution in [0.25, 0.3) is 0 Å². The first kappa shape index (κ1) is 31.9. The summed E-state index contributed by atoms with van der Waals surface area (Å²) in [5.74, 6) is 6.92. The molecule has 1 fully saturated rings. The standard InChI is InChI=1S/C34H49NO4Si/c1-31(2,3)24-23-27(18-17-25-37-30(36)35-33(7,8)26-38-34(35,9)10)39-40(32(4,5)6,28-19-13-11-14-20-28)29-21-15-12-16-22-29/h11-16,19-22,27H,17-18,25-26H2,1-10H3. The zero-order valence-electron chi connectivity index (χ0n) is 26.3. The van der Waals surface area contributed by atoms with Crippen molar-refractivity contribution in [2.75, 3.05) is 13.2 Å². The average molecular weight is 564 g/mol. The minimum atomic E-state index is -2.79. The van der Waals surface area contributed by atoms with E-state index in [1.165, 1.54) is 10.4 Å². The van der Waals surface area contributed by atoms with Gasteiger partial charge in [0.1, 0.15) is 11.8 Å². The average Bonchev–Trinajstić information content (AvgIpc) is 3.09. The molecule has 0 radical (unpaired) electrons. The number of rotatable bonds is 8. The van der Waals surface area contributed by atoms with Gasteiger partial charge in [0.15, 0.2) is 0 Å². The lowest BCUT2D eigenvalue weighted by atomic mass is 9.97. The van der Waals surface area contributed by atoms with Gasteiger partial charge in [-0.25, -0.2) is 4.79 Å². The molecular weight excluding hydrogens is 514 g/mol. The molecule has 0 aromatic heterocycles. The summed E-state index contributed by atoms with van der Waals surface area (Å²) < 4.78 is 19.0. The number of hydrogen-bond donors (Lipinski definition) is 0. The monoisotopic (exact) mass is 563 g/mol. The van der Waals surface area contributed by atoms with Crippen LogP contribution in [0.4, 0.5) is 4.79 Å². The summed E-state index contributed by atoms with van der Waals surface area (Å²) >= 11 is 0. The van der Waals surface area contributed by atoms with Crippen LogP contribution in [0, 0.1) is 17.3 Å². The van der Waals surface area contributed by atoms with E-state index in [1.54, 1.807) is 4.90 Å². The molecule has 0 spiro atoms. The van der Waals surface area contributed by atoms with E-state index in [4.69, 9.17) is 13.9 Å². The van der Waals surface area contributed by atoms with Crippen LogP contribution >= 0.6 is 0 Å². The quantitative estimate of drug-likeness (QED) is 0.203. The van der Waals surface area contributed by atoms with Gasteiger partial charge in [0.2, 0.25) is 0 Å². The van der Waals surface area contributed by atoms with Crippen LogP contribution in [-0.4, -0.2) is 49.9 Å². The lowest BCUT2D eigenvalue weighted by Crippen LogP contribution is -2.67. The first-order chi connectivity index (χ1) is 18.5. The van der Waals surface area contributed by atoms with Crippen LogP contribution in [0.5, 0.6) is 0 Å². The maximum Gasteiger partial charge on any atom is 0.412 e. The maximum absolute atomic E-state index is 13.1. The molecule has 2 aromatic rings. The Morgan fingerprint density at radius 1 is 0.950 bits per heavy atom. The molecule has 1 heterocycles. The predicted molar refractivity (Wildman–Crippen MR) is 166 cm³/mol. The Hall–Kier alpha value is -2.59. The van der Waals surface area contributed by atoms with Gasteiger partial charge in [-0.1, -0.05) is 93.3 Å². The summed E-state index contributed by atoms with van der Waals surface area (Å²) in [5.41, 5.74) is -1.28. The highest BCUT2D eigenvalue weighted by atomic mass is 28.4. The zero-order valence-corrected chi connectivity index (χ0v) is 27.3. The fourth-order valence-electron chi connectivity index (χ4n) is 5.53. The molecule has 6 heteroatoms. The predicted octanol–water partition coefficient (Wildman–Crippen LogP) is 6.74. The van der Waals surface area contributed by atoms with Crippen LogP contribution in [0.1, 0.15) is 82.1 Å². The number of amides is 1. The normalized spacial score (nSPS) is 17.6. The Morgan fingerprint density at radius 2 is 1.48 bits per heavy atom. The van der Waals surface area contributed by atoms with E-state index >= 15 is 0 Å². The van der Waals surface area contributed by atoms with Gasteiger partial charge in [0.25, 0.3) is 8.32 Å². The number of ether oxygens (including phenoxy) is 2. The van der Waals surface area contributed by atoms with E-state index in [0.717, 1.165) is 0 Å². The van der Waals surface area contributed by atoms with Gasteiger partial charge < -0.3 is 13.9 Å². The second-order valence-electron chi connectivity index (χ2n) is 13.9. The molecule has 0 N–H and O–H groups in total.